The highest BCUT2D eigenvalue weighted by molar-refractivity contribution is 7.89. The Bertz CT molecular complexity index is 381. The summed E-state index contributed by atoms with van der Waals surface area (Å²) < 4.78 is 30.8. The first-order valence-corrected chi connectivity index (χ1v) is 7.92. The zero-order valence-electron chi connectivity index (χ0n) is 12.0. The number of hydrogen-bond acceptors (Lipinski definition) is 5. The van der Waals surface area contributed by atoms with Crippen molar-refractivity contribution in [3.05, 3.63) is 0 Å². The van der Waals surface area contributed by atoms with E-state index in [1.54, 1.807) is 13.8 Å². The minimum atomic E-state index is -3.39. The first kappa shape index (κ1) is 18.1. The van der Waals surface area contributed by atoms with E-state index in [1.807, 2.05) is 13.8 Å². The molecule has 0 aliphatic carbocycles. The molecule has 0 aromatic carbocycles. The van der Waals surface area contributed by atoms with Crippen LogP contribution in [0.1, 0.15) is 27.7 Å². The second-order valence-corrected chi connectivity index (χ2v) is 6.70. The predicted molar refractivity (Wildman–Crippen MR) is 74.7 cm³/mol. The van der Waals surface area contributed by atoms with Gasteiger partial charge in [0.25, 0.3) is 0 Å². The van der Waals surface area contributed by atoms with Crippen molar-refractivity contribution in [2.24, 2.45) is 16.8 Å². The van der Waals surface area contributed by atoms with E-state index >= 15 is 0 Å². The Morgan fingerprint density at radius 2 is 2.00 bits per heavy atom. The SMILES string of the molecule is CCN(CC(C)C(N)=NO)S(=O)(=O)CCOC(C)C. The standard InChI is InChI=1S/C11H25N3O4S/c1-5-14(8-10(4)11(12)13-15)19(16,17)7-6-18-9(2)3/h9-10,15H,5-8H2,1-4H3,(H2,12,13). The minimum absolute atomic E-state index is 0.00127. The van der Waals surface area contributed by atoms with Crippen LogP contribution in [-0.2, 0) is 14.8 Å². The normalized spacial score (nSPS) is 15.2. The Kier molecular flexibility index (Phi) is 7.96. The lowest BCUT2D eigenvalue weighted by atomic mass is 10.1. The Morgan fingerprint density at radius 1 is 1.42 bits per heavy atom. The van der Waals surface area contributed by atoms with Crippen LogP contribution < -0.4 is 5.73 Å². The molecule has 0 radical (unpaired) electrons. The van der Waals surface area contributed by atoms with E-state index in [4.69, 9.17) is 15.7 Å². The first-order valence-electron chi connectivity index (χ1n) is 6.31. The van der Waals surface area contributed by atoms with Gasteiger partial charge in [0.05, 0.1) is 18.5 Å². The van der Waals surface area contributed by atoms with Crippen LogP contribution in [0.15, 0.2) is 5.16 Å². The minimum Gasteiger partial charge on any atom is -0.409 e. The largest absolute Gasteiger partial charge is 0.409 e. The number of hydrogen-bond donors (Lipinski definition) is 2. The van der Waals surface area contributed by atoms with Gasteiger partial charge in [0.15, 0.2) is 0 Å². The highest BCUT2D eigenvalue weighted by atomic mass is 32.2. The molecule has 0 aliphatic heterocycles. The lowest BCUT2D eigenvalue weighted by molar-refractivity contribution is 0.0906. The van der Waals surface area contributed by atoms with Gasteiger partial charge in [-0.2, -0.15) is 0 Å². The first-order chi connectivity index (χ1) is 8.74. The molecular formula is C11H25N3O4S. The van der Waals surface area contributed by atoms with Gasteiger partial charge in [0.2, 0.25) is 10.0 Å². The molecule has 1 atom stereocenters. The number of nitrogens with zero attached hydrogens (tertiary/aromatic N) is 2. The number of nitrogens with two attached hydrogens (primary N) is 1. The van der Waals surface area contributed by atoms with Gasteiger partial charge in [-0.15, -0.1) is 0 Å². The molecule has 0 saturated carbocycles. The maximum absolute atomic E-state index is 12.1. The molecule has 0 aliphatic rings. The zero-order valence-corrected chi connectivity index (χ0v) is 12.9. The topological polar surface area (TPSA) is 105 Å². The van der Waals surface area contributed by atoms with E-state index in [2.05, 4.69) is 5.16 Å². The van der Waals surface area contributed by atoms with Crippen molar-refractivity contribution in [2.75, 3.05) is 25.4 Å². The Balaban J connectivity index is 4.57. The van der Waals surface area contributed by atoms with Crippen LogP contribution in [0.4, 0.5) is 0 Å². The summed E-state index contributed by atoms with van der Waals surface area (Å²) in [6.07, 6.45) is 0.00127. The van der Waals surface area contributed by atoms with E-state index in [0.717, 1.165) is 0 Å². The Labute approximate surface area is 115 Å². The molecule has 8 heteroatoms. The fraction of sp³-hybridized carbons (Fsp3) is 0.909. The summed E-state index contributed by atoms with van der Waals surface area (Å²) >= 11 is 0. The van der Waals surface area contributed by atoms with Crippen molar-refractivity contribution in [1.82, 2.24) is 4.31 Å². The van der Waals surface area contributed by atoms with Gasteiger partial charge < -0.3 is 15.7 Å². The molecule has 0 spiro atoms. The second-order valence-electron chi connectivity index (χ2n) is 4.61. The average Bonchev–Trinajstić information content (AvgIpc) is 2.33. The number of rotatable bonds is 9. The van der Waals surface area contributed by atoms with Gasteiger partial charge in [-0.05, 0) is 13.8 Å². The van der Waals surface area contributed by atoms with E-state index < -0.39 is 10.0 Å². The third-order valence-electron chi connectivity index (χ3n) is 2.64. The molecule has 0 amide bonds. The molecule has 7 nitrogen and oxygen atoms in total. The lowest BCUT2D eigenvalue weighted by Crippen LogP contribution is -2.40. The molecule has 0 aromatic rings. The van der Waals surface area contributed by atoms with E-state index in [-0.39, 0.29) is 36.8 Å². The summed E-state index contributed by atoms with van der Waals surface area (Å²) in [5, 5.41) is 11.5. The van der Waals surface area contributed by atoms with Crippen LogP contribution in [0, 0.1) is 5.92 Å². The van der Waals surface area contributed by atoms with Crippen LogP contribution in [0.2, 0.25) is 0 Å². The van der Waals surface area contributed by atoms with Crippen LogP contribution in [-0.4, -0.2) is 55.3 Å². The van der Waals surface area contributed by atoms with Crippen molar-refractivity contribution >= 4 is 15.9 Å². The summed E-state index contributed by atoms with van der Waals surface area (Å²) in [5.74, 6) is -0.389. The zero-order chi connectivity index (χ0) is 15.1. The Hall–Kier alpha value is -0.860. The maximum Gasteiger partial charge on any atom is 0.216 e. The fourth-order valence-electron chi connectivity index (χ4n) is 1.46. The molecule has 0 fully saturated rings. The fourth-order valence-corrected chi connectivity index (χ4v) is 2.86. The van der Waals surface area contributed by atoms with Crippen LogP contribution in [0.5, 0.6) is 0 Å². The summed E-state index contributed by atoms with van der Waals surface area (Å²) in [5.41, 5.74) is 5.46. The summed E-state index contributed by atoms with van der Waals surface area (Å²) in [6.45, 7) is 7.85. The van der Waals surface area contributed by atoms with Gasteiger partial charge >= 0.3 is 0 Å². The van der Waals surface area contributed by atoms with Gasteiger partial charge in [0, 0.05) is 19.0 Å². The molecule has 0 bridgehead atoms. The van der Waals surface area contributed by atoms with E-state index in [1.165, 1.54) is 4.31 Å². The molecule has 19 heavy (non-hydrogen) atoms. The van der Waals surface area contributed by atoms with Crippen molar-refractivity contribution < 1.29 is 18.4 Å². The van der Waals surface area contributed by atoms with E-state index in [0.29, 0.717) is 6.54 Å². The third-order valence-corrected chi connectivity index (χ3v) is 4.51. The summed E-state index contributed by atoms with van der Waals surface area (Å²) in [7, 11) is -3.39. The molecule has 0 saturated heterocycles. The lowest BCUT2D eigenvalue weighted by Gasteiger charge is -2.23. The smallest absolute Gasteiger partial charge is 0.216 e. The third kappa shape index (κ3) is 6.74. The van der Waals surface area contributed by atoms with Crippen molar-refractivity contribution in [2.45, 2.75) is 33.8 Å². The summed E-state index contributed by atoms with van der Waals surface area (Å²) in [4.78, 5) is 0. The molecule has 114 valence electrons. The molecule has 0 aromatic heterocycles. The molecular weight excluding hydrogens is 270 g/mol. The van der Waals surface area contributed by atoms with Crippen molar-refractivity contribution in [1.29, 1.82) is 0 Å². The molecule has 3 N–H and O–H groups in total. The summed E-state index contributed by atoms with van der Waals surface area (Å²) in [6, 6.07) is 0. The van der Waals surface area contributed by atoms with Crippen LogP contribution >= 0.6 is 0 Å². The Morgan fingerprint density at radius 3 is 2.42 bits per heavy atom. The highest BCUT2D eigenvalue weighted by Crippen LogP contribution is 2.07. The van der Waals surface area contributed by atoms with Gasteiger partial charge in [-0.3, -0.25) is 0 Å². The molecule has 0 heterocycles. The number of ether oxygens (including phenoxy) is 1. The van der Waals surface area contributed by atoms with Crippen LogP contribution in [0.3, 0.4) is 0 Å². The van der Waals surface area contributed by atoms with Crippen molar-refractivity contribution in [3.8, 4) is 0 Å². The monoisotopic (exact) mass is 295 g/mol. The number of oxime groups is 1. The van der Waals surface area contributed by atoms with Gasteiger partial charge in [-0.1, -0.05) is 19.0 Å². The van der Waals surface area contributed by atoms with Gasteiger partial charge in [0.1, 0.15) is 5.84 Å². The highest BCUT2D eigenvalue weighted by Gasteiger charge is 2.23. The maximum atomic E-state index is 12.1. The van der Waals surface area contributed by atoms with Crippen LogP contribution in [0.25, 0.3) is 0 Å². The predicted octanol–water partition coefficient (Wildman–Crippen LogP) is 0.446. The van der Waals surface area contributed by atoms with E-state index in [9.17, 15) is 8.42 Å². The quantitative estimate of drug-likeness (QED) is 0.278. The second kappa shape index (κ2) is 8.34. The van der Waals surface area contributed by atoms with Gasteiger partial charge in [-0.25, -0.2) is 12.7 Å². The number of amidine groups is 1. The average molecular weight is 295 g/mol. The van der Waals surface area contributed by atoms with Crippen molar-refractivity contribution in [3.63, 3.8) is 0 Å². The number of sulfonamides is 1. The molecule has 1 unspecified atom stereocenters. The molecule has 0 rings (SSSR count).